The highest BCUT2D eigenvalue weighted by Gasteiger charge is 2.22. The first-order valence-corrected chi connectivity index (χ1v) is 12.4. The third kappa shape index (κ3) is 5.84. The Hall–Kier alpha value is -3.88. The number of aryl methyl sites for hydroxylation is 2. The van der Waals surface area contributed by atoms with Crippen molar-refractivity contribution >= 4 is 23.5 Å². The number of nitrogens with two attached hydrogens (primary N) is 1. The summed E-state index contributed by atoms with van der Waals surface area (Å²) in [7, 11) is 0. The van der Waals surface area contributed by atoms with Gasteiger partial charge < -0.3 is 10.6 Å². The van der Waals surface area contributed by atoms with Gasteiger partial charge in [-0.15, -0.1) is 0 Å². The molecule has 1 aromatic carbocycles. The van der Waals surface area contributed by atoms with Gasteiger partial charge in [-0.25, -0.2) is 4.79 Å². The van der Waals surface area contributed by atoms with E-state index in [-0.39, 0.29) is 24.0 Å². The fraction of sp³-hybridized carbons (Fsp3) is 0.407. The van der Waals surface area contributed by atoms with E-state index in [0.29, 0.717) is 19.5 Å². The molecule has 2 heterocycles. The average Bonchev–Trinajstić information content (AvgIpc) is 3.10. The second kappa shape index (κ2) is 11.7. The number of rotatable bonds is 10. The first-order valence-electron chi connectivity index (χ1n) is 12.4. The van der Waals surface area contributed by atoms with Crippen molar-refractivity contribution in [2.45, 2.75) is 67.0 Å². The van der Waals surface area contributed by atoms with Gasteiger partial charge in [0, 0.05) is 30.4 Å². The zero-order valence-corrected chi connectivity index (χ0v) is 21.8. The Labute approximate surface area is 211 Å². The smallest absolute Gasteiger partial charge is 0.330 e. The lowest BCUT2D eigenvalue weighted by atomic mass is 10.1. The molecule has 0 fully saturated rings. The lowest BCUT2D eigenvalue weighted by molar-refractivity contribution is -0.114. The molecule has 2 aromatic heterocycles. The number of nitrogen functional groups attached to an aromatic ring is 1. The monoisotopic (exact) mass is 492 g/mol. The number of amides is 1. The summed E-state index contributed by atoms with van der Waals surface area (Å²) in [5.41, 5.74) is 9.94. The van der Waals surface area contributed by atoms with Gasteiger partial charge in [-0.1, -0.05) is 50.1 Å². The number of H-pyrrole nitrogens is 1. The fourth-order valence-corrected chi connectivity index (χ4v) is 4.15. The molecule has 0 aliphatic carbocycles. The van der Waals surface area contributed by atoms with Crippen LogP contribution in [-0.2, 0) is 17.9 Å². The van der Waals surface area contributed by atoms with Crippen molar-refractivity contribution in [1.82, 2.24) is 19.3 Å². The molecule has 3 aromatic rings. The molecule has 0 aliphatic rings. The summed E-state index contributed by atoms with van der Waals surface area (Å²) in [5, 5.41) is 4.65. The van der Waals surface area contributed by atoms with Crippen LogP contribution >= 0.6 is 0 Å². The molecule has 0 saturated carbocycles. The quantitative estimate of drug-likeness (QED) is 0.420. The maximum Gasteiger partial charge on any atom is 0.330 e. The van der Waals surface area contributed by atoms with Gasteiger partial charge in [0.2, 0.25) is 0 Å². The first kappa shape index (κ1) is 26.7. The average molecular weight is 493 g/mol. The molecule has 0 atom stereocenters. The molecule has 36 heavy (non-hydrogen) atoms. The molecular weight excluding hydrogens is 456 g/mol. The van der Waals surface area contributed by atoms with E-state index in [4.69, 9.17) is 5.73 Å². The predicted molar refractivity (Wildman–Crippen MR) is 144 cm³/mol. The Morgan fingerprint density at radius 2 is 1.81 bits per heavy atom. The van der Waals surface area contributed by atoms with Crippen LogP contribution in [-0.4, -0.2) is 31.8 Å². The number of hydrogen-bond donors (Lipinski definition) is 2. The van der Waals surface area contributed by atoms with Gasteiger partial charge in [0.15, 0.2) is 5.69 Å². The van der Waals surface area contributed by atoms with Gasteiger partial charge in [0.1, 0.15) is 5.82 Å². The van der Waals surface area contributed by atoms with Crippen LogP contribution < -0.4 is 21.9 Å². The maximum atomic E-state index is 13.3. The first-order chi connectivity index (χ1) is 17.2. The molecule has 0 spiro atoms. The minimum Gasteiger partial charge on any atom is -0.383 e. The molecular formula is C27H36N6O3. The normalized spacial score (nSPS) is 11.4. The van der Waals surface area contributed by atoms with Crippen LogP contribution in [0.1, 0.15) is 61.2 Å². The number of hydrogen-bond acceptors (Lipinski definition) is 5. The molecule has 0 radical (unpaired) electrons. The van der Waals surface area contributed by atoms with Crippen molar-refractivity contribution in [3.8, 4) is 0 Å². The summed E-state index contributed by atoms with van der Waals surface area (Å²) in [6, 6.07) is 8.30. The Balaban J connectivity index is 1.92. The zero-order chi connectivity index (χ0) is 26.4. The molecule has 0 saturated heterocycles. The number of aromatic amines is 1. The van der Waals surface area contributed by atoms with Crippen LogP contribution in [0.3, 0.4) is 0 Å². The van der Waals surface area contributed by atoms with Crippen molar-refractivity contribution in [2.24, 2.45) is 0 Å². The number of benzene rings is 1. The van der Waals surface area contributed by atoms with Crippen LogP contribution in [0.2, 0.25) is 0 Å². The van der Waals surface area contributed by atoms with Crippen LogP contribution in [0.5, 0.6) is 0 Å². The molecule has 9 heteroatoms. The molecule has 192 valence electrons. The summed E-state index contributed by atoms with van der Waals surface area (Å²) >= 11 is 0. The van der Waals surface area contributed by atoms with Crippen LogP contribution in [0.25, 0.3) is 6.08 Å². The highest BCUT2D eigenvalue weighted by Crippen LogP contribution is 2.20. The number of carbonyl (C=O) groups is 1. The topological polar surface area (TPSA) is 119 Å². The predicted octanol–water partition coefficient (Wildman–Crippen LogP) is 3.55. The zero-order valence-electron chi connectivity index (χ0n) is 21.8. The van der Waals surface area contributed by atoms with Crippen molar-refractivity contribution < 1.29 is 4.79 Å². The summed E-state index contributed by atoms with van der Waals surface area (Å²) < 4.78 is 3.24. The highest BCUT2D eigenvalue weighted by molar-refractivity contribution is 6.05. The number of aromatic nitrogens is 4. The second-order valence-corrected chi connectivity index (χ2v) is 9.05. The molecule has 0 bridgehead atoms. The van der Waals surface area contributed by atoms with E-state index in [2.05, 4.69) is 41.3 Å². The SMILES string of the molecule is CCCCn1c(N)c(N(CCC)C(=O)/C=C/c2c(C)nn(Cc3ccc(C)cc3)c2C)c(=O)[nH]c1=O. The maximum absolute atomic E-state index is 13.3. The third-order valence-electron chi connectivity index (χ3n) is 6.22. The lowest BCUT2D eigenvalue weighted by Gasteiger charge is -2.23. The number of anilines is 2. The van der Waals surface area contributed by atoms with Gasteiger partial charge in [-0.05, 0) is 45.3 Å². The lowest BCUT2D eigenvalue weighted by Crippen LogP contribution is -2.41. The molecule has 0 aliphatic heterocycles. The third-order valence-corrected chi connectivity index (χ3v) is 6.22. The molecule has 3 rings (SSSR count). The van der Waals surface area contributed by atoms with E-state index in [0.717, 1.165) is 35.4 Å². The van der Waals surface area contributed by atoms with E-state index in [1.807, 2.05) is 32.4 Å². The number of nitrogens with one attached hydrogen (secondary N) is 1. The Bertz CT molecular complexity index is 1360. The van der Waals surface area contributed by atoms with Crippen molar-refractivity contribution in [3.05, 3.63) is 79.3 Å². The molecule has 1 amide bonds. The Morgan fingerprint density at radius 1 is 1.11 bits per heavy atom. The van der Waals surface area contributed by atoms with Gasteiger partial charge in [-0.2, -0.15) is 5.10 Å². The summed E-state index contributed by atoms with van der Waals surface area (Å²) in [4.78, 5) is 42.0. The van der Waals surface area contributed by atoms with Crippen molar-refractivity contribution in [3.63, 3.8) is 0 Å². The minimum absolute atomic E-state index is 0.00526. The minimum atomic E-state index is -0.668. The van der Waals surface area contributed by atoms with Gasteiger partial charge >= 0.3 is 5.69 Å². The second-order valence-electron chi connectivity index (χ2n) is 9.05. The molecule has 0 unspecified atom stereocenters. The van der Waals surface area contributed by atoms with E-state index in [9.17, 15) is 14.4 Å². The summed E-state index contributed by atoms with van der Waals surface area (Å²) in [6.45, 7) is 11.1. The Morgan fingerprint density at radius 3 is 2.44 bits per heavy atom. The molecule has 9 nitrogen and oxygen atoms in total. The van der Waals surface area contributed by atoms with E-state index in [1.165, 1.54) is 21.1 Å². The number of nitrogens with zero attached hydrogens (tertiary/aromatic N) is 4. The number of carbonyl (C=O) groups excluding carboxylic acids is 1. The van der Waals surface area contributed by atoms with Crippen LogP contribution in [0.4, 0.5) is 11.5 Å². The largest absolute Gasteiger partial charge is 0.383 e. The standard InChI is InChI=1S/C27H36N6O3/c1-6-8-16-32-25(28)24(26(35)29-27(32)36)31(15-7-2)23(34)14-13-22-19(4)30-33(20(22)5)17-21-11-9-18(3)10-12-21/h9-14H,6-8,15-17,28H2,1-5H3,(H,29,35,36)/b14-13+. The van der Waals surface area contributed by atoms with Crippen LogP contribution in [0.15, 0.2) is 39.9 Å². The number of unbranched alkanes of at least 4 members (excludes halogenated alkanes) is 1. The van der Waals surface area contributed by atoms with Gasteiger partial charge in [0.25, 0.3) is 11.5 Å². The van der Waals surface area contributed by atoms with Gasteiger partial charge in [-0.3, -0.25) is 23.8 Å². The van der Waals surface area contributed by atoms with E-state index < -0.39 is 11.2 Å². The Kier molecular flexibility index (Phi) is 8.68. The fourth-order valence-electron chi connectivity index (χ4n) is 4.15. The van der Waals surface area contributed by atoms with E-state index in [1.54, 1.807) is 6.08 Å². The summed E-state index contributed by atoms with van der Waals surface area (Å²) in [6.07, 6.45) is 5.35. The van der Waals surface area contributed by atoms with E-state index >= 15 is 0 Å². The highest BCUT2D eigenvalue weighted by atomic mass is 16.2. The van der Waals surface area contributed by atoms with Crippen molar-refractivity contribution in [1.29, 1.82) is 0 Å². The summed E-state index contributed by atoms with van der Waals surface area (Å²) in [5.74, 6) is -0.384. The molecule has 3 N–H and O–H groups in total. The van der Waals surface area contributed by atoms with Crippen molar-refractivity contribution in [2.75, 3.05) is 17.2 Å². The van der Waals surface area contributed by atoms with Crippen LogP contribution in [0, 0.1) is 20.8 Å². The van der Waals surface area contributed by atoms with Gasteiger partial charge in [0.05, 0.1) is 12.2 Å².